The number of carbonyl (C=O) groups is 1. The van der Waals surface area contributed by atoms with Crippen molar-refractivity contribution >= 4 is 54.7 Å². The van der Waals surface area contributed by atoms with Crippen LogP contribution in [0.25, 0.3) is 31.0 Å². The van der Waals surface area contributed by atoms with Crippen LogP contribution in [-0.2, 0) is 0 Å². The van der Waals surface area contributed by atoms with Gasteiger partial charge in [-0.15, -0.1) is 22.7 Å². The molecule has 0 bridgehead atoms. The summed E-state index contributed by atoms with van der Waals surface area (Å²) in [6.07, 6.45) is 0. The summed E-state index contributed by atoms with van der Waals surface area (Å²) in [5, 5.41) is 3.93. The fourth-order valence-corrected chi connectivity index (χ4v) is 4.68. The Morgan fingerprint density at radius 1 is 0.889 bits per heavy atom. The van der Waals surface area contributed by atoms with Gasteiger partial charge in [-0.25, -0.2) is 9.97 Å². The van der Waals surface area contributed by atoms with E-state index in [0.717, 1.165) is 36.7 Å². The molecule has 0 spiro atoms. The lowest BCUT2D eigenvalue weighted by Crippen LogP contribution is -2.12. The van der Waals surface area contributed by atoms with Crippen molar-refractivity contribution in [2.24, 2.45) is 0 Å². The Morgan fingerprint density at radius 2 is 1.74 bits per heavy atom. The van der Waals surface area contributed by atoms with Crippen LogP contribution in [0.1, 0.15) is 10.4 Å². The molecule has 27 heavy (non-hydrogen) atoms. The van der Waals surface area contributed by atoms with Crippen molar-refractivity contribution in [1.29, 1.82) is 0 Å². The molecule has 2 heterocycles. The minimum absolute atomic E-state index is 0.140. The summed E-state index contributed by atoms with van der Waals surface area (Å²) in [5.74, 6) is -0.140. The lowest BCUT2D eigenvalue weighted by Gasteiger charge is -2.09. The van der Waals surface area contributed by atoms with E-state index in [1.165, 1.54) is 11.3 Å². The molecule has 0 fully saturated rings. The van der Waals surface area contributed by atoms with Crippen LogP contribution in [-0.4, -0.2) is 15.9 Å². The number of nitrogens with one attached hydrogen (secondary N) is 1. The molecular formula is C21H13N3OS2. The van der Waals surface area contributed by atoms with Gasteiger partial charge in [0, 0.05) is 11.1 Å². The number of rotatable bonds is 3. The number of aromatic nitrogens is 2. The van der Waals surface area contributed by atoms with Crippen molar-refractivity contribution in [3.63, 3.8) is 0 Å². The molecule has 0 aliphatic heterocycles. The second kappa shape index (κ2) is 6.57. The fraction of sp³-hybridized carbons (Fsp3) is 0. The fourth-order valence-electron chi connectivity index (χ4n) is 2.96. The highest BCUT2D eigenvalue weighted by atomic mass is 32.1. The molecule has 0 saturated heterocycles. The number of anilines is 1. The molecule has 4 nitrogen and oxygen atoms in total. The average molecular weight is 387 g/mol. The van der Waals surface area contributed by atoms with Crippen LogP contribution >= 0.6 is 22.7 Å². The highest BCUT2D eigenvalue weighted by Crippen LogP contribution is 2.34. The number of amides is 1. The summed E-state index contributed by atoms with van der Waals surface area (Å²) in [6.45, 7) is 0. The smallest absolute Gasteiger partial charge is 0.255 e. The van der Waals surface area contributed by atoms with Crippen LogP contribution in [0.2, 0.25) is 0 Å². The van der Waals surface area contributed by atoms with Crippen molar-refractivity contribution in [1.82, 2.24) is 9.97 Å². The second-order valence-corrected chi connectivity index (χ2v) is 7.94. The van der Waals surface area contributed by atoms with E-state index in [4.69, 9.17) is 4.98 Å². The summed E-state index contributed by atoms with van der Waals surface area (Å²) < 4.78 is 2.13. The van der Waals surface area contributed by atoms with Crippen LogP contribution in [0, 0.1) is 0 Å². The number of fused-ring (bicyclic) bond motifs is 2. The summed E-state index contributed by atoms with van der Waals surface area (Å²) in [6, 6.07) is 21.4. The molecular weight excluding hydrogens is 374 g/mol. The minimum atomic E-state index is -0.140. The number of benzene rings is 3. The molecule has 5 aromatic rings. The van der Waals surface area contributed by atoms with Crippen molar-refractivity contribution < 1.29 is 4.79 Å². The molecule has 0 saturated carbocycles. The molecule has 0 aliphatic rings. The van der Waals surface area contributed by atoms with Gasteiger partial charge in [0.1, 0.15) is 5.01 Å². The van der Waals surface area contributed by atoms with Crippen molar-refractivity contribution in [3.05, 3.63) is 77.8 Å². The first-order valence-corrected chi connectivity index (χ1v) is 10.1. The van der Waals surface area contributed by atoms with E-state index in [-0.39, 0.29) is 5.91 Å². The average Bonchev–Trinajstić information content (AvgIpc) is 3.34. The zero-order chi connectivity index (χ0) is 18.2. The molecule has 1 N–H and O–H groups in total. The number of carbonyl (C=O) groups excluding carboxylic acids is 1. The Bertz CT molecular complexity index is 1260. The van der Waals surface area contributed by atoms with Crippen LogP contribution < -0.4 is 5.32 Å². The first-order valence-electron chi connectivity index (χ1n) is 8.37. The Morgan fingerprint density at radius 3 is 2.67 bits per heavy atom. The molecule has 0 unspecified atom stereocenters. The maximum Gasteiger partial charge on any atom is 0.255 e. The van der Waals surface area contributed by atoms with Crippen LogP contribution in [0.3, 0.4) is 0 Å². The molecule has 5 rings (SSSR count). The summed E-state index contributed by atoms with van der Waals surface area (Å²) in [7, 11) is 0. The van der Waals surface area contributed by atoms with Crippen molar-refractivity contribution in [2.45, 2.75) is 0 Å². The van der Waals surface area contributed by atoms with E-state index in [9.17, 15) is 4.79 Å². The van der Waals surface area contributed by atoms with E-state index in [0.29, 0.717) is 5.56 Å². The van der Waals surface area contributed by atoms with Gasteiger partial charge < -0.3 is 5.32 Å². The van der Waals surface area contributed by atoms with Gasteiger partial charge >= 0.3 is 0 Å². The topological polar surface area (TPSA) is 54.9 Å². The van der Waals surface area contributed by atoms with Gasteiger partial charge in [0.05, 0.1) is 31.6 Å². The number of thiazole rings is 2. The molecule has 1 amide bonds. The van der Waals surface area contributed by atoms with Crippen LogP contribution in [0.5, 0.6) is 0 Å². The Hall–Kier alpha value is -3.09. The Balaban J connectivity index is 1.51. The number of hydrogen-bond donors (Lipinski definition) is 1. The van der Waals surface area contributed by atoms with E-state index >= 15 is 0 Å². The quantitative estimate of drug-likeness (QED) is 0.424. The number of hydrogen-bond acceptors (Lipinski definition) is 5. The van der Waals surface area contributed by atoms with E-state index in [2.05, 4.69) is 16.4 Å². The summed E-state index contributed by atoms with van der Waals surface area (Å²) >= 11 is 3.15. The van der Waals surface area contributed by atoms with E-state index in [1.807, 2.05) is 54.6 Å². The molecule has 3 aromatic carbocycles. The lowest BCUT2D eigenvalue weighted by molar-refractivity contribution is 0.102. The van der Waals surface area contributed by atoms with Gasteiger partial charge in [0.2, 0.25) is 0 Å². The first-order chi connectivity index (χ1) is 13.3. The predicted molar refractivity (Wildman–Crippen MR) is 113 cm³/mol. The molecule has 0 radical (unpaired) electrons. The van der Waals surface area contributed by atoms with Crippen molar-refractivity contribution in [3.8, 4) is 10.6 Å². The van der Waals surface area contributed by atoms with Gasteiger partial charge in [-0.2, -0.15) is 0 Å². The highest BCUT2D eigenvalue weighted by molar-refractivity contribution is 7.21. The van der Waals surface area contributed by atoms with E-state index in [1.54, 1.807) is 22.9 Å². The van der Waals surface area contributed by atoms with Gasteiger partial charge in [0.15, 0.2) is 0 Å². The maximum atomic E-state index is 12.8. The Labute approximate surface area is 163 Å². The zero-order valence-electron chi connectivity index (χ0n) is 14.0. The normalized spacial score (nSPS) is 11.1. The third kappa shape index (κ3) is 2.99. The monoisotopic (exact) mass is 387 g/mol. The SMILES string of the molecule is O=C(Nc1ccccc1-c1nc2ccccc2s1)c1ccc2ncsc2c1. The lowest BCUT2D eigenvalue weighted by atomic mass is 10.1. The summed E-state index contributed by atoms with van der Waals surface area (Å²) in [4.78, 5) is 21.8. The maximum absolute atomic E-state index is 12.8. The van der Waals surface area contributed by atoms with Gasteiger partial charge in [-0.1, -0.05) is 24.3 Å². The zero-order valence-corrected chi connectivity index (χ0v) is 15.7. The number of para-hydroxylation sites is 2. The number of nitrogens with zero attached hydrogens (tertiary/aromatic N) is 2. The largest absolute Gasteiger partial charge is 0.321 e. The molecule has 0 aliphatic carbocycles. The van der Waals surface area contributed by atoms with E-state index < -0.39 is 0 Å². The highest BCUT2D eigenvalue weighted by Gasteiger charge is 2.14. The van der Waals surface area contributed by atoms with Crippen LogP contribution in [0.4, 0.5) is 5.69 Å². The van der Waals surface area contributed by atoms with Gasteiger partial charge in [-0.05, 0) is 42.5 Å². The predicted octanol–water partition coefficient (Wildman–Crippen LogP) is 5.83. The van der Waals surface area contributed by atoms with Gasteiger partial charge in [-0.3, -0.25) is 4.79 Å². The molecule has 6 heteroatoms. The third-order valence-electron chi connectivity index (χ3n) is 4.29. The second-order valence-electron chi connectivity index (χ2n) is 6.02. The molecule has 130 valence electrons. The van der Waals surface area contributed by atoms with Crippen molar-refractivity contribution in [2.75, 3.05) is 5.32 Å². The minimum Gasteiger partial charge on any atom is -0.321 e. The standard InChI is InChI=1S/C21H13N3OS2/c25-20(13-9-10-16-19(11-13)26-12-22-16)23-15-6-2-1-5-14(15)21-24-17-7-3-4-8-18(17)27-21/h1-12H,(H,23,25). The molecule has 0 atom stereocenters. The summed E-state index contributed by atoms with van der Waals surface area (Å²) in [5.41, 5.74) is 5.96. The first kappa shape index (κ1) is 16.1. The van der Waals surface area contributed by atoms with Crippen LogP contribution in [0.15, 0.2) is 72.2 Å². The third-order valence-corrected chi connectivity index (χ3v) is 6.15. The molecule has 2 aromatic heterocycles. The van der Waals surface area contributed by atoms with Gasteiger partial charge in [0.25, 0.3) is 5.91 Å². The Kier molecular flexibility index (Phi) is 3.92.